The Morgan fingerprint density at radius 1 is 1.35 bits per heavy atom. The number of hydrogen-bond donors (Lipinski definition) is 1. The highest BCUT2D eigenvalue weighted by molar-refractivity contribution is 5.80. The van der Waals surface area contributed by atoms with Crippen molar-refractivity contribution in [3.05, 3.63) is 23.8 Å². The maximum atomic E-state index is 11.9. The zero-order valence-electron chi connectivity index (χ0n) is 12.6. The van der Waals surface area contributed by atoms with E-state index in [1.165, 1.54) is 14.0 Å². The average molecular weight is 282 g/mol. The van der Waals surface area contributed by atoms with Gasteiger partial charge in [0, 0.05) is 11.5 Å². The molecule has 1 N–H and O–H groups in total. The molecular formula is C15H22O5. The first-order valence-corrected chi connectivity index (χ1v) is 6.50. The van der Waals surface area contributed by atoms with Crippen molar-refractivity contribution in [2.24, 2.45) is 0 Å². The molecule has 0 aromatic heterocycles. The Morgan fingerprint density at radius 3 is 2.50 bits per heavy atom. The Balaban J connectivity index is 3.18. The second kappa shape index (κ2) is 6.61. The minimum atomic E-state index is -1.64. The van der Waals surface area contributed by atoms with Crippen LogP contribution in [0.15, 0.2) is 18.2 Å². The van der Waals surface area contributed by atoms with Crippen LogP contribution in [-0.2, 0) is 9.53 Å². The van der Waals surface area contributed by atoms with E-state index < -0.39 is 17.5 Å². The summed E-state index contributed by atoms with van der Waals surface area (Å²) in [6, 6.07) is 5.25. The van der Waals surface area contributed by atoms with Crippen molar-refractivity contribution < 1.29 is 24.1 Å². The van der Waals surface area contributed by atoms with Crippen LogP contribution in [0.5, 0.6) is 11.5 Å². The Labute approximate surface area is 119 Å². The molecule has 20 heavy (non-hydrogen) atoms. The SMILES string of the molecule is CCOC(=O)C(C)(O)C(C)c1cc(OC)ccc1OC. The molecule has 1 aromatic carbocycles. The van der Waals surface area contributed by atoms with Gasteiger partial charge in [0.2, 0.25) is 0 Å². The molecule has 0 bridgehead atoms. The zero-order valence-corrected chi connectivity index (χ0v) is 12.6. The van der Waals surface area contributed by atoms with Crippen molar-refractivity contribution in [1.29, 1.82) is 0 Å². The summed E-state index contributed by atoms with van der Waals surface area (Å²) in [5.74, 6) is 0.0548. The van der Waals surface area contributed by atoms with Crippen molar-refractivity contribution in [3.8, 4) is 11.5 Å². The molecule has 0 saturated carbocycles. The minimum Gasteiger partial charge on any atom is -0.497 e. The van der Waals surface area contributed by atoms with Gasteiger partial charge in [-0.05, 0) is 32.0 Å². The normalized spacial score (nSPS) is 15.1. The van der Waals surface area contributed by atoms with E-state index in [2.05, 4.69) is 0 Å². The molecule has 0 aliphatic carbocycles. The monoisotopic (exact) mass is 282 g/mol. The number of esters is 1. The van der Waals surface area contributed by atoms with Crippen LogP contribution in [0, 0.1) is 0 Å². The third-order valence-electron chi connectivity index (χ3n) is 3.44. The van der Waals surface area contributed by atoms with Crippen molar-refractivity contribution >= 4 is 5.97 Å². The van der Waals surface area contributed by atoms with E-state index >= 15 is 0 Å². The largest absolute Gasteiger partial charge is 0.497 e. The van der Waals surface area contributed by atoms with Gasteiger partial charge in [-0.3, -0.25) is 0 Å². The van der Waals surface area contributed by atoms with Gasteiger partial charge in [-0.1, -0.05) is 6.92 Å². The van der Waals surface area contributed by atoms with E-state index in [9.17, 15) is 9.90 Å². The number of hydrogen-bond acceptors (Lipinski definition) is 5. The molecule has 1 aromatic rings. The molecule has 2 unspecified atom stereocenters. The first-order valence-electron chi connectivity index (χ1n) is 6.50. The third-order valence-corrected chi connectivity index (χ3v) is 3.44. The second-order valence-electron chi connectivity index (χ2n) is 4.70. The summed E-state index contributed by atoms with van der Waals surface area (Å²) in [5, 5.41) is 10.4. The Morgan fingerprint density at radius 2 is 2.00 bits per heavy atom. The van der Waals surface area contributed by atoms with Crippen LogP contribution < -0.4 is 9.47 Å². The van der Waals surface area contributed by atoms with E-state index in [1.54, 1.807) is 39.2 Å². The smallest absolute Gasteiger partial charge is 0.338 e. The van der Waals surface area contributed by atoms with Crippen molar-refractivity contribution in [2.75, 3.05) is 20.8 Å². The lowest BCUT2D eigenvalue weighted by Crippen LogP contribution is -2.42. The van der Waals surface area contributed by atoms with Gasteiger partial charge in [0.15, 0.2) is 5.60 Å². The van der Waals surface area contributed by atoms with Crippen molar-refractivity contribution in [2.45, 2.75) is 32.3 Å². The predicted molar refractivity (Wildman–Crippen MR) is 75.2 cm³/mol. The fraction of sp³-hybridized carbons (Fsp3) is 0.533. The van der Waals surface area contributed by atoms with Gasteiger partial charge < -0.3 is 19.3 Å². The van der Waals surface area contributed by atoms with Gasteiger partial charge >= 0.3 is 5.97 Å². The zero-order chi connectivity index (χ0) is 15.3. The highest BCUT2D eigenvalue weighted by Gasteiger charge is 2.40. The molecule has 2 atom stereocenters. The fourth-order valence-electron chi connectivity index (χ4n) is 1.93. The summed E-state index contributed by atoms with van der Waals surface area (Å²) >= 11 is 0. The predicted octanol–water partition coefficient (Wildman–Crippen LogP) is 2.12. The summed E-state index contributed by atoms with van der Waals surface area (Å²) in [4.78, 5) is 11.9. The van der Waals surface area contributed by atoms with E-state index in [0.717, 1.165) is 0 Å². The van der Waals surface area contributed by atoms with Gasteiger partial charge in [0.1, 0.15) is 11.5 Å². The number of benzene rings is 1. The van der Waals surface area contributed by atoms with Crippen LogP contribution in [0.3, 0.4) is 0 Å². The lowest BCUT2D eigenvalue weighted by Gasteiger charge is -2.29. The van der Waals surface area contributed by atoms with Gasteiger partial charge in [0.25, 0.3) is 0 Å². The van der Waals surface area contributed by atoms with Gasteiger partial charge in [0.05, 0.1) is 20.8 Å². The first kappa shape index (κ1) is 16.3. The summed E-state index contributed by atoms with van der Waals surface area (Å²) in [6.45, 7) is 5.10. The van der Waals surface area contributed by atoms with E-state index in [0.29, 0.717) is 17.1 Å². The minimum absolute atomic E-state index is 0.219. The molecule has 0 aliphatic rings. The van der Waals surface area contributed by atoms with Crippen LogP contribution in [0.25, 0.3) is 0 Å². The lowest BCUT2D eigenvalue weighted by atomic mass is 9.84. The summed E-state index contributed by atoms with van der Waals surface area (Å²) < 4.78 is 15.4. The number of ether oxygens (including phenoxy) is 3. The second-order valence-corrected chi connectivity index (χ2v) is 4.70. The van der Waals surface area contributed by atoms with Crippen LogP contribution in [-0.4, -0.2) is 37.5 Å². The van der Waals surface area contributed by atoms with Gasteiger partial charge in [-0.15, -0.1) is 0 Å². The molecule has 0 saturated heterocycles. The highest BCUT2D eigenvalue weighted by Crippen LogP contribution is 2.37. The van der Waals surface area contributed by atoms with E-state index in [-0.39, 0.29) is 6.61 Å². The Bertz CT molecular complexity index is 467. The summed E-state index contributed by atoms with van der Waals surface area (Å²) in [5.41, 5.74) is -0.958. The van der Waals surface area contributed by atoms with Gasteiger partial charge in [-0.2, -0.15) is 0 Å². The standard InChI is InChI=1S/C15H22O5/c1-6-20-14(16)15(3,17)10(2)12-9-11(18-4)7-8-13(12)19-5/h7-10,17H,6H2,1-5H3. The molecule has 0 amide bonds. The van der Waals surface area contributed by atoms with Crippen LogP contribution in [0.2, 0.25) is 0 Å². The van der Waals surface area contributed by atoms with E-state index in [1.807, 2.05) is 0 Å². The van der Waals surface area contributed by atoms with Crippen LogP contribution in [0.1, 0.15) is 32.3 Å². The molecule has 0 fully saturated rings. The number of carbonyl (C=O) groups is 1. The topological polar surface area (TPSA) is 65.0 Å². The highest BCUT2D eigenvalue weighted by atomic mass is 16.5. The maximum absolute atomic E-state index is 11.9. The number of methoxy groups -OCH3 is 2. The van der Waals surface area contributed by atoms with Gasteiger partial charge in [-0.25, -0.2) is 4.79 Å². The first-order chi connectivity index (χ1) is 9.38. The molecule has 112 valence electrons. The summed E-state index contributed by atoms with van der Waals surface area (Å²) in [7, 11) is 3.09. The molecule has 0 radical (unpaired) electrons. The number of rotatable bonds is 6. The number of carbonyl (C=O) groups excluding carboxylic acids is 1. The Kier molecular flexibility index (Phi) is 5.39. The number of aliphatic hydroxyl groups is 1. The molecule has 5 nitrogen and oxygen atoms in total. The molecule has 0 heterocycles. The molecule has 5 heteroatoms. The molecule has 0 spiro atoms. The fourth-order valence-corrected chi connectivity index (χ4v) is 1.93. The average Bonchev–Trinajstić information content (AvgIpc) is 2.45. The summed E-state index contributed by atoms with van der Waals surface area (Å²) in [6.07, 6.45) is 0. The molecule has 1 rings (SSSR count). The van der Waals surface area contributed by atoms with Crippen molar-refractivity contribution in [1.82, 2.24) is 0 Å². The van der Waals surface area contributed by atoms with Crippen LogP contribution in [0.4, 0.5) is 0 Å². The quantitative estimate of drug-likeness (QED) is 0.810. The molecular weight excluding hydrogens is 260 g/mol. The van der Waals surface area contributed by atoms with Crippen LogP contribution >= 0.6 is 0 Å². The van der Waals surface area contributed by atoms with Crippen molar-refractivity contribution in [3.63, 3.8) is 0 Å². The maximum Gasteiger partial charge on any atom is 0.338 e. The Hall–Kier alpha value is -1.75. The molecule has 0 aliphatic heterocycles. The van der Waals surface area contributed by atoms with E-state index in [4.69, 9.17) is 14.2 Å². The lowest BCUT2D eigenvalue weighted by molar-refractivity contribution is -0.165. The third kappa shape index (κ3) is 3.22.